The molecule has 0 heterocycles. The van der Waals surface area contributed by atoms with E-state index < -0.39 is 0 Å². The van der Waals surface area contributed by atoms with E-state index in [0.717, 1.165) is 23.3 Å². The van der Waals surface area contributed by atoms with Crippen molar-refractivity contribution in [3.8, 4) is 5.75 Å². The van der Waals surface area contributed by atoms with Crippen LogP contribution in [0.15, 0.2) is 42.5 Å². The van der Waals surface area contributed by atoms with E-state index in [9.17, 15) is 4.39 Å². The van der Waals surface area contributed by atoms with E-state index in [0.29, 0.717) is 0 Å². The molecule has 2 aromatic rings. The molecule has 0 bridgehead atoms. The number of hydrogen-bond donors (Lipinski definition) is 1. The van der Waals surface area contributed by atoms with Crippen LogP contribution in [0.25, 0.3) is 0 Å². The van der Waals surface area contributed by atoms with Gasteiger partial charge in [-0.1, -0.05) is 29.8 Å². The Morgan fingerprint density at radius 3 is 2.45 bits per heavy atom. The summed E-state index contributed by atoms with van der Waals surface area (Å²) in [5.41, 5.74) is 3.41. The number of hydrogen-bond acceptors (Lipinski definition) is 2. The van der Waals surface area contributed by atoms with E-state index in [-0.39, 0.29) is 11.9 Å². The molecule has 1 unspecified atom stereocenters. The van der Waals surface area contributed by atoms with Crippen molar-refractivity contribution in [2.24, 2.45) is 0 Å². The number of rotatable bonds is 5. The Labute approximate surface area is 119 Å². The number of benzene rings is 2. The zero-order chi connectivity index (χ0) is 14.5. The SMILES string of the molecule is CNC(Cc1ccc(F)cc1)c1cc(C)ccc1OC. The first-order valence-electron chi connectivity index (χ1n) is 6.70. The van der Waals surface area contributed by atoms with E-state index in [4.69, 9.17) is 4.74 Å². The summed E-state index contributed by atoms with van der Waals surface area (Å²) in [5.74, 6) is 0.667. The van der Waals surface area contributed by atoms with Gasteiger partial charge in [0.05, 0.1) is 7.11 Å². The topological polar surface area (TPSA) is 21.3 Å². The summed E-state index contributed by atoms with van der Waals surface area (Å²) in [6.07, 6.45) is 0.788. The Kier molecular flexibility index (Phi) is 4.74. The van der Waals surface area contributed by atoms with Crippen LogP contribution in [0.5, 0.6) is 5.75 Å². The molecule has 2 rings (SSSR count). The molecule has 3 heteroatoms. The third-order valence-corrected chi connectivity index (χ3v) is 3.46. The van der Waals surface area contributed by atoms with Crippen LogP contribution in [-0.4, -0.2) is 14.2 Å². The van der Waals surface area contributed by atoms with E-state index in [1.807, 2.05) is 31.3 Å². The van der Waals surface area contributed by atoms with Crippen LogP contribution in [-0.2, 0) is 6.42 Å². The predicted octanol–water partition coefficient (Wildman–Crippen LogP) is 3.65. The van der Waals surface area contributed by atoms with Crippen LogP contribution < -0.4 is 10.1 Å². The zero-order valence-corrected chi connectivity index (χ0v) is 12.1. The van der Waals surface area contributed by atoms with Crippen molar-refractivity contribution >= 4 is 0 Å². The monoisotopic (exact) mass is 273 g/mol. The standard InChI is InChI=1S/C17H20FNO/c1-12-4-9-17(20-3)15(10-12)16(19-2)11-13-5-7-14(18)8-6-13/h4-10,16,19H,11H2,1-3H3. The smallest absolute Gasteiger partial charge is 0.123 e. The van der Waals surface area contributed by atoms with Gasteiger partial charge >= 0.3 is 0 Å². The summed E-state index contributed by atoms with van der Waals surface area (Å²) in [7, 11) is 3.61. The quantitative estimate of drug-likeness (QED) is 0.898. The van der Waals surface area contributed by atoms with Crippen LogP contribution in [0.3, 0.4) is 0 Å². The van der Waals surface area contributed by atoms with Crippen molar-refractivity contribution in [2.45, 2.75) is 19.4 Å². The molecule has 106 valence electrons. The van der Waals surface area contributed by atoms with Crippen molar-refractivity contribution in [3.05, 3.63) is 65.0 Å². The molecule has 0 aliphatic heterocycles. The number of halogens is 1. The molecule has 1 N–H and O–H groups in total. The molecule has 20 heavy (non-hydrogen) atoms. The average Bonchev–Trinajstić information content (AvgIpc) is 2.46. The summed E-state index contributed by atoms with van der Waals surface area (Å²) in [4.78, 5) is 0. The number of aryl methyl sites for hydroxylation is 1. The maximum atomic E-state index is 13.0. The molecule has 1 atom stereocenters. The predicted molar refractivity (Wildman–Crippen MR) is 79.6 cm³/mol. The van der Waals surface area contributed by atoms with E-state index >= 15 is 0 Å². The third kappa shape index (κ3) is 3.36. The summed E-state index contributed by atoms with van der Waals surface area (Å²) < 4.78 is 18.4. The van der Waals surface area contributed by atoms with Crippen molar-refractivity contribution in [1.29, 1.82) is 0 Å². The van der Waals surface area contributed by atoms with Gasteiger partial charge in [0.1, 0.15) is 11.6 Å². The molecule has 2 nitrogen and oxygen atoms in total. The Hall–Kier alpha value is -1.87. The highest BCUT2D eigenvalue weighted by Crippen LogP contribution is 2.28. The first-order valence-corrected chi connectivity index (χ1v) is 6.70. The molecule has 0 saturated heterocycles. The highest BCUT2D eigenvalue weighted by molar-refractivity contribution is 5.40. The largest absolute Gasteiger partial charge is 0.496 e. The van der Waals surface area contributed by atoms with E-state index in [2.05, 4.69) is 18.3 Å². The Morgan fingerprint density at radius 1 is 1.15 bits per heavy atom. The molecule has 0 aliphatic carbocycles. The molecule has 0 amide bonds. The molecule has 0 aromatic heterocycles. The molecular formula is C17H20FNO. The summed E-state index contributed by atoms with van der Waals surface area (Å²) in [6, 6.07) is 12.9. The Morgan fingerprint density at radius 2 is 1.85 bits per heavy atom. The van der Waals surface area contributed by atoms with Gasteiger partial charge in [0, 0.05) is 11.6 Å². The summed E-state index contributed by atoms with van der Waals surface area (Å²) in [5, 5.41) is 3.31. The third-order valence-electron chi connectivity index (χ3n) is 3.46. The van der Waals surface area contributed by atoms with Crippen LogP contribution >= 0.6 is 0 Å². The van der Waals surface area contributed by atoms with Gasteiger partial charge in [-0.05, 0) is 44.2 Å². The van der Waals surface area contributed by atoms with Gasteiger partial charge in [0.25, 0.3) is 0 Å². The van der Waals surface area contributed by atoms with Crippen LogP contribution in [0.4, 0.5) is 4.39 Å². The maximum Gasteiger partial charge on any atom is 0.123 e. The van der Waals surface area contributed by atoms with E-state index in [1.54, 1.807) is 7.11 Å². The first kappa shape index (κ1) is 14.5. The lowest BCUT2D eigenvalue weighted by molar-refractivity contribution is 0.401. The van der Waals surface area contributed by atoms with Gasteiger partial charge in [-0.15, -0.1) is 0 Å². The first-order chi connectivity index (χ1) is 9.63. The molecule has 0 radical (unpaired) electrons. The van der Waals surface area contributed by atoms with E-state index in [1.165, 1.54) is 17.7 Å². The van der Waals surface area contributed by atoms with Gasteiger partial charge in [-0.25, -0.2) is 4.39 Å². The fraction of sp³-hybridized carbons (Fsp3) is 0.294. The minimum Gasteiger partial charge on any atom is -0.496 e. The van der Waals surface area contributed by atoms with Gasteiger partial charge in [0.2, 0.25) is 0 Å². The van der Waals surface area contributed by atoms with Gasteiger partial charge in [-0.2, -0.15) is 0 Å². The number of nitrogens with one attached hydrogen (secondary N) is 1. The minimum atomic E-state index is -0.206. The second kappa shape index (κ2) is 6.53. The molecule has 0 spiro atoms. The fourth-order valence-electron chi connectivity index (χ4n) is 2.35. The minimum absolute atomic E-state index is 0.135. The normalized spacial score (nSPS) is 12.2. The lowest BCUT2D eigenvalue weighted by Gasteiger charge is -2.20. The van der Waals surface area contributed by atoms with Crippen molar-refractivity contribution in [1.82, 2.24) is 5.32 Å². The zero-order valence-electron chi connectivity index (χ0n) is 12.1. The van der Waals surface area contributed by atoms with Crippen LogP contribution in [0.1, 0.15) is 22.7 Å². The summed E-state index contributed by atoms with van der Waals surface area (Å²) >= 11 is 0. The maximum absolute atomic E-state index is 13.0. The van der Waals surface area contributed by atoms with Gasteiger partial charge < -0.3 is 10.1 Å². The lowest BCUT2D eigenvalue weighted by atomic mass is 9.97. The Bertz CT molecular complexity index is 566. The van der Waals surface area contributed by atoms with Crippen molar-refractivity contribution < 1.29 is 9.13 Å². The molecule has 0 aliphatic rings. The molecular weight excluding hydrogens is 253 g/mol. The van der Waals surface area contributed by atoms with Crippen LogP contribution in [0.2, 0.25) is 0 Å². The second-order valence-electron chi connectivity index (χ2n) is 4.92. The lowest BCUT2D eigenvalue weighted by Crippen LogP contribution is -2.19. The second-order valence-corrected chi connectivity index (χ2v) is 4.92. The number of ether oxygens (including phenoxy) is 1. The fourth-order valence-corrected chi connectivity index (χ4v) is 2.35. The molecule has 0 saturated carbocycles. The van der Waals surface area contributed by atoms with Crippen molar-refractivity contribution in [2.75, 3.05) is 14.2 Å². The average molecular weight is 273 g/mol. The Balaban J connectivity index is 2.28. The number of likely N-dealkylation sites (N-methyl/N-ethyl adjacent to an activating group) is 1. The highest BCUT2D eigenvalue weighted by atomic mass is 19.1. The highest BCUT2D eigenvalue weighted by Gasteiger charge is 2.15. The van der Waals surface area contributed by atoms with Gasteiger partial charge in [-0.3, -0.25) is 0 Å². The summed E-state index contributed by atoms with van der Waals surface area (Å²) in [6.45, 7) is 2.06. The molecule has 0 fully saturated rings. The number of methoxy groups -OCH3 is 1. The molecule has 2 aromatic carbocycles. The van der Waals surface area contributed by atoms with Crippen molar-refractivity contribution in [3.63, 3.8) is 0 Å². The van der Waals surface area contributed by atoms with Crippen LogP contribution in [0, 0.1) is 12.7 Å². The van der Waals surface area contributed by atoms with Gasteiger partial charge in [0.15, 0.2) is 0 Å².